The molecule has 2 rings (SSSR count). The minimum Gasteiger partial charge on any atom is -0.329 e. The van der Waals surface area contributed by atoms with Crippen molar-refractivity contribution in [1.29, 1.82) is 0 Å². The molecule has 88 valence electrons. The second kappa shape index (κ2) is 4.42. The summed E-state index contributed by atoms with van der Waals surface area (Å²) in [5.74, 6) is 2.71. The Hall–Kier alpha value is -0.0800. The van der Waals surface area contributed by atoms with Crippen molar-refractivity contribution in [3.8, 4) is 0 Å². The summed E-state index contributed by atoms with van der Waals surface area (Å²) in [7, 11) is 0. The van der Waals surface area contributed by atoms with Gasteiger partial charge in [-0.2, -0.15) is 0 Å². The average Bonchev–Trinajstić information content (AvgIpc) is 2.81. The van der Waals surface area contributed by atoms with Crippen molar-refractivity contribution >= 4 is 0 Å². The third kappa shape index (κ3) is 2.21. The van der Waals surface area contributed by atoms with Gasteiger partial charge in [0.05, 0.1) is 0 Å². The van der Waals surface area contributed by atoms with E-state index in [4.69, 9.17) is 5.73 Å². The van der Waals surface area contributed by atoms with E-state index in [1.54, 1.807) is 0 Å². The van der Waals surface area contributed by atoms with Gasteiger partial charge < -0.3 is 11.1 Å². The molecule has 0 saturated heterocycles. The van der Waals surface area contributed by atoms with Crippen molar-refractivity contribution in [2.45, 2.75) is 51.5 Å². The average molecular weight is 210 g/mol. The first-order valence-electron chi connectivity index (χ1n) is 6.67. The fraction of sp³-hybridized carbons (Fsp3) is 1.00. The molecule has 0 bridgehead atoms. The fourth-order valence-corrected chi connectivity index (χ4v) is 3.33. The zero-order chi connectivity index (χ0) is 10.9. The largest absolute Gasteiger partial charge is 0.329 e. The third-order valence-electron chi connectivity index (χ3n) is 4.81. The molecule has 15 heavy (non-hydrogen) atoms. The van der Waals surface area contributed by atoms with Crippen LogP contribution in [-0.4, -0.2) is 18.6 Å². The van der Waals surface area contributed by atoms with Crippen LogP contribution in [0.25, 0.3) is 0 Å². The van der Waals surface area contributed by atoms with Crippen molar-refractivity contribution in [3.05, 3.63) is 0 Å². The van der Waals surface area contributed by atoms with E-state index in [1.165, 1.54) is 38.6 Å². The van der Waals surface area contributed by atoms with Crippen LogP contribution < -0.4 is 11.1 Å². The molecular weight excluding hydrogens is 184 g/mol. The summed E-state index contributed by atoms with van der Waals surface area (Å²) in [6.45, 7) is 6.69. The van der Waals surface area contributed by atoms with Crippen molar-refractivity contribution in [1.82, 2.24) is 5.32 Å². The van der Waals surface area contributed by atoms with Crippen LogP contribution in [0.4, 0.5) is 0 Å². The van der Waals surface area contributed by atoms with Crippen molar-refractivity contribution in [2.24, 2.45) is 23.5 Å². The van der Waals surface area contributed by atoms with Crippen LogP contribution in [-0.2, 0) is 0 Å². The van der Waals surface area contributed by atoms with E-state index in [-0.39, 0.29) is 5.54 Å². The normalized spacial score (nSPS) is 44.6. The highest BCUT2D eigenvalue weighted by molar-refractivity contribution is 5.01. The summed E-state index contributed by atoms with van der Waals surface area (Å²) in [4.78, 5) is 0. The van der Waals surface area contributed by atoms with Gasteiger partial charge in [-0.15, -0.1) is 0 Å². The van der Waals surface area contributed by atoms with Crippen LogP contribution in [0.1, 0.15) is 46.0 Å². The molecule has 2 heteroatoms. The summed E-state index contributed by atoms with van der Waals surface area (Å²) in [6, 6.07) is 0. The molecule has 2 aliphatic carbocycles. The summed E-state index contributed by atoms with van der Waals surface area (Å²) in [5.41, 5.74) is 6.30. The fourth-order valence-electron chi connectivity index (χ4n) is 3.33. The predicted octanol–water partition coefficient (Wildman–Crippen LogP) is 2.14. The highest BCUT2D eigenvalue weighted by atomic mass is 15.0. The lowest BCUT2D eigenvalue weighted by molar-refractivity contribution is 0.241. The monoisotopic (exact) mass is 210 g/mol. The van der Waals surface area contributed by atoms with E-state index in [2.05, 4.69) is 19.2 Å². The highest BCUT2D eigenvalue weighted by Crippen LogP contribution is 2.40. The molecule has 3 N–H and O–H groups in total. The molecule has 4 atom stereocenters. The standard InChI is InChI=1S/C13H26N2/c1-3-12-5-4-6-13(12,9-14)15-8-11-7-10(11)2/h10-12,15H,3-9,14H2,1-2H3. The van der Waals surface area contributed by atoms with Crippen molar-refractivity contribution in [2.75, 3.05) is 13.1 Å². The second-order valence-corrected chi connectivity index (χ2v) is 5.71. The SMILES string of the molecule is CCC1CCCC1(CN)NCC1CC1C. The van der Waals surface area contributed by atoms with E-state index in [0.29, 0.717) is 0 Å². The van der Waals surface area contributed by atoms with Gasteiger partial charge in [-0.1, -0.05) is 26.7 Å². The Morgan fingerprint density at radius 3 is 2.73 bits per heavy atom. The predicted molar refractivity (Wildman–Crippen MR) is 64.7 cm³/mol. The minimum absolute atomic E-state index is 0.289. The first-order chi connectivity index (χ1) is 7.22. The van der Waals surface area contributed by atoms with Gasteiger partial charge in [-0.3, -0.25) is 0 Å². The zero-order valence-electron chi connectivity index (χ0n) is 10.3. The van der Waals surface area contributed by atoms with E-state index < -0.39 is 0 Å². The van der Waals surface area contributed by atoms with Gasteiger partial charge >= 0.3 is 0 Å². The first-order valence-corrected chi connectivity index (χ1v) is 6.67. The topological polar surface area (TPSA) is 38.0 Å². The number of rotatable bonds is 5. The van der Waals surface area contributed by atoms with E-state index in [0.717, 1.165) is 24.3 Å². The molecule has 0 heterocycles. The Kier molecular flexibility index (Phi) is 3.36. The van der Waals surface area contributed by atoms with E-state index in [1.807, 2.05) is 0 Å². The Morgan fingerprint density at radius 2 is 2.20 bits per heavy atom. The van der Waals surface area contributed by atoms with Crippen molar-refractivity contribution < 1.29 is 0 Å². The molecule has 2 nitrogen and oxygen atoms in total. The molecule has 0 aromatic rings. The number of hydrogen-bond donors (Lipinski definition) is 2. The van der Waals surface area contributed by atoms with Crippen LogP contribution in [0, 0.1) is 17.8 Å². The quantitative estimate of drug-likeness (QED) is 0.729. The lowest BCUT2D eigenvalue weighted by Gasteiger charge is -2.35. The maximum atomic E-state index is 6.01. The van der Waals surface area contributed by atoms with Crippen LogP contribution >= 0.6 is 0 Å². The minimum atomic E-state index is 0.289. The molecule has 0 amide bonds. The number of hydrogen-bond acceptors (Lipinski definition) is 2. The molecule has 4 unspecified atom stereocenters. The summed E-state index contributed by atoms with van der Waals surface area (Å²) >= 11 is 0. The van der Waals surface area contributed by atoms with E-state index >= 15 is 0 Å². The van der Waals surface area contributed by atoms with Crippen LogP contribution in [0.3, 0.4) is 0 Å². The number of nitrogens with two attached hydrogens (primary N) is 1. The van der Waals surface area contributed by atoms with Gasteiger partial charge in [0.2, 0.25) is 0 Å². The van der Waals surface area contributed by atoms with Gasteiger partial charge in [0.15, 0.2) is 0 Å². The first kappa shape index (κ1) is 11.4. The van der Waals surface area contributed by atoms with Crippen LogP contribution in [0.15, 0.2) is 0 Å². The molecule has 0 spiro atoms. The lowest BCUT2D eigenvalue weighted by atomic mass is 9.85. The highest BCUT2D eigenvalue weighted by Gasteiger charge is 2.42. The van der Waals surface area contributed by atoms with Crippen molar-refractivity contribution in [3.63, 3.8) is 0 Å². The van der Waals surface area contributed by atoms with Gasteiger partial charge in [-0.25, -0.2) is 0 Å². The smallest absolute Gasteiger partial charge is 0.0332 e. The molecule has 0 radical (unpaired) electrons. The van der Waals surface area contributed by atoms with Gasteiger partial charge in [0.1, 0.15) is 0 Å². The number of nitrogens with one attached hydrogen (secondary N) is 1. The molecule has 0 aliphatic heterocycles. The molecule has 0 aromatic heterocycles. The summed E-state index contributed by atoms with van der Waals surface area (Å²) in [5, 5.41) is 3.81. The molecule has 2 aliphatic rings. The Morgan fingerprint density at radius 1 is 1.47 bits per heavy atom. The Balaban J connectivity index is 1.88. The zero-order valence-corrected chi connectivity index (χ0v) is 10.3. The maximum Gasteiger partial charge on any atom is 0.0332 e. The van der Waals surface area contributed by atoms with Crippen LogP contribution in [0.2, 0.25) is 0 Å². The van der Waals surface area contributed by atoms with Gasteiger partial charge in [-0.05, 0) is 43.6 Å². The third-order valence-corrected chi connectivity index (χ3v) is 4.81. The Bertz CT molecular complexity index is 217. The molecule has 0 aromatic carbocycles. The summed E-state index contributed by atoms with van der Waals surface area (Å²) < 4.78 is 0. The Labute approximate surface area is 94.0 Å². The molecule has 2 fully saturated rings. The van der Waals surface area contributed by atoms with Crippen LogP contribution in [0.5, 0.6) is 0 Å². The van der Waals surface area contributed by atoms with Gasteiger partial charge in [0, 0.05) is 12.1 Å². The second-order valence-electron chi connectivity index (χ2n) is 5.71. The molecule has 2 saturated carbocycles. The lowest BCUT2D eigenvalue weighted by Crippen LogP contribution is -2.54. The van der Waals surface area contributed by atoms with E-state index in [9.17, 15) is 0 Å². The molecular formula is C13H26N2. The maximum absolute atomic E-state index is 6.01. The summed E-state index contributed by atoms with van der Waals surface area (Å²) in [6.07, 6.45) is 6.74. The van der Waals surface area contributed by atoms with Gasteiger partial charge in [0.25, 0.3) is 0 Å².